The molecule has 1 aliphatic carbocycles. The van der Waals surface area contributed by atoms with Crippen LogP contribution in [0, 0.1) is 5.92 Å². The highest BCUT2D eigenvalue weighted by Gasteiger charge is 2.28. The Kier molecular flexibility index (Phi) is 4.99. The zero-order valence-corrected chi connectivity index (χ0v) is 12.6. The summed E-state index contributed by atoms with van der Waals surface area (Å²) in [4.78, 5) is 23.2. The van der Waals surface area contributed by atoms with Crippen molar-refractivity contribution in [3.05, 3.63) is 35.4 Å². The third kappa shape index (κ3) is 3.84. The van der Waals surface area contributed by atoms with E-state index in [1.165, 1.54) is 11.1 Å². The molecule has 0 spiro atoms. The minimum atomic E-state index is -0.952. The Morgan fingerprint density at radius 2 is 2.05 bits per heavy atom. The molecule has 2 N–H and O–H groups in total. The molecule has 21 heavy (non-hydrogen) atoms. The van der Waals surface area contributed by atoms with Gasteiger partial charge < -0.3 is 10.4 Å². The van der Waals surface area contributed by atoms with Crippen LogP contribution in [-0.4, -0.2) is 23.0 Å². The molecule has 1 aromatic carbocycles. The molecule has 1 aromatic rings. The molecule has 0 heterocycles. The number of rotatable bonds is 5. The molecule has 0 saturated heterocycles. The van der Waals surface area contributed by atoms with Crippen LogP contribution in [-0.2, 0) is 16.0 Å². The monoisotopic (exact) mass is 289 g/mol. The molecule has 2 unspecified atom stereocenters. The van der Waals surface area contributed by atoms with E-state index < -0.39 is 12.0 Å². The third-order valence-electron chi connectivity index (χ3n) is 4.15. The molecule has 0 bridgehead atoms. The molecule has 114 valence electrons. The molecule has 1 amide bonds. The van der Waals surface area contributed by atoms with Gasteiger partial charge in [-0.15, -0.1) is 0 Å². The molecule has 4 nitrogen and oxygen atoms in total. The zero-order valence-electron chi connectivity index (χ0n) is 12.6. The minimum absolute atomic E-state index is 0.202. The number of aryl methyl sites for hydroxylation is 1. The Morgan fingerprint density at radius 1 is 1.33 bits per heavy atom. The van der Waals surface area contributed by atoms with Gasteiger partial charge in [0.1, 0.15) is 6.04 Å². The molecule has 2 atom stereocenters. The number of benzene rings is 1. The van der Waals surface area contributed by atoms with Gasteiger partial charge in [-0.3, -0.25) is 4.79 Å². The summed E-state index contributed by atoms with van der Waals surface area (Å²) in [6.45, 7) is 3.54. The fourth-order valence-electron chi connectivity index (χ4n) is 2.94. The smallest absolute Gasteiger partial charge is 0.326 e. The molecule has 4 heteroatoms. The van der Waals surface area contributed by atoms with Crippen LogP contribution in [0.4, 0.5) is 0 Å². The van der Waals surface area contributed by atoms with Crippen molar-refractivity contribution in [3.8, 4) is 0 Å². The lowest BCUT2D eigenvalue weighted by atomic mass is 9.79. The maximum Gasteiger partial charge on any atom is 0.326 e. The van der Waals surface area contributed by atoms with Gasteiger partial charge in [0.15, 0.2) is 0 Å². The fraction of sp³-hybridized carbons (Fsp3) is 0.529. The summed E-state index contributed by atoms with van der Waals surface area (Å²) in [5.41, 5.74) is 2.56. The summed E-state index contributed by atoms with van der Waals surface area (Å²) in [7, 11) is 0. The van der Waals surface area contributed by atoms with E-state index in [0.29, 0.717) is 6.42 Å². The van der Waals surface area contributed by atoms with Gasteiger partial charge in [0.2, 0.25) is 5.91 Å². The van der Waals surface area contributed by atoms with Crippen LogP contribution in [0.3, 0.4) is 0 Å². The van der Waals surface area contributed by atoms with E-state index in [-0.39, 0.29) is 17.7 Å². The third-order valence-corrected chi connectivity index (χ3v) is 4.15. The van der Waals surface area contributed by atoms with Gasteiger partial charge >= 0.3 is 5.97 Å². The van der Waals surface area contributed by atoms with Crippen molar-refractivity contribution in [3.63, 3.8) is 0 Å². The Morgan fingerprint density at radius 3 is 2.71 bits per heavy atom. The molecule has 0 saturated carbocycles. The first-order valence-corrected chi connectivity index (χ1v) is 7.60. The lowest BCUT2D eigenvalue weighted by molar-refractivity contribution is -0.142. The number of carboxylic acids is 1. The predicted molar refractivity (Wildman–Crippen MR) is 81.1 cm³/mol. The molecule has 1 aliphatic rings. The van der Waals surface area contributed by atoms with Crippen molar-refractivity contribution < 1.29 is 14.7 Å². The number of carboxylic acid groups (broad SMARTS) is 1. The molecular formula is C17H23NO3. The second kappa shape index (κ2) is 6.74. The Labute approximate surface area is 125 Å². The van der Waals surface area contributed by atoms with Gasteiger partial charge in [-0.2, -0.15) is 0 Å². The lowest BCUT2D eigenvalue weighted by Gasteiger charge is -2.28. The quantitative estimate of drug-likeness (QED) is 0.876. The second-order valence-electron chi connectivity index (χ2n) is 6.08. The van der Waals surface area contributed by atoms with E-state index in [2.05, 4.69) is 17.4 Å². The minimum Gasteiger partial charge on any atom is -0.480 e. The first-order chi connectivity index (χ1) is 9.99. The molecule has 0 radical (unpaired) electrons. The van der Waals surface area contributed by atoms with Crippen LogP contribution in [0.15, 0.2) is 24.3 Å². The normalized spacial score (nSPS) is 18.9. The van der Waals surface area contributed by atoms with Gasteiger partial charge in [0.05, 0.1) is 0 Å². The predicted octanol–water partition coefficient (Wildman–Crippen LogP) is 2.72. The molecular weight excluding hydrogens is 266 g/mol. The van der Waals surface area contributed by atoms with Crippen LogP contribution in [0.1, 0.15) is 50.2 Å². The average Bonchev–Trinajstić information content (AvgIpc) is 2.46. The Hall–Kier alpha value is -1.84. The molecule has 0 aromatic heterocycles. The lowest BCUT2D eigenvalue weighted by Crippen LogP contribution is -2.43. The van der Waals surface area contributed by atoms with Crippen LogP contribution in [0.25, 0.3) is 0 Å². The van der Waals surface area contributed by atoms with E-state index in [0.717, 1.165) is 19.3 Å². The standard InChI is InChI=1S/C17H23NO3/c1-11(2)16(19)18-15(17(20)21)10-13-8-5-7-12-6-3-4-9-14(12)13/h3-4,6,9,11,13,15H,5,7-8,10H2,1-2H3,(H,18,19)(H,20,21). The van der Waals surface area contributed by atoms with E-state index in [4.69, 9.17) is 0 Å². The number of carbonyl (C=O) groups is 2. The SMILES string of the molecule is CC(C)C(=O)NC(CC1CCCc2ccccc21)C(=O)O. The van der Waals surface area contributed by atoms with Gasteiger partial charge in [0, 0.05) is 5.92 Å². The summed E-state index contributed by atoms with van der Waals surface area (Å²) in [5.74, 6) is -1.15. The average molecular weight is 289 g/mol. The van der Waals surface area contributed by atoms with Crippen molar-refractivity contribution in [1.29, 1.82) is 0 Å². The van der Waals surface area contributed by atoms with Crippen LogP contribution >= 0.6 is 0 Å². The number of amides is 1. The molecule has 0 aliphatic heterocycles. The zero-order chi connectivity index (χ0) is 15.4. The van der Waals surface area contributed by atoms with Crippen molar-refractivity contribution in [2.45, 2.75) is 51.5 Å². The topological polar surface area (TPSA) is 66.4 Å². The van der Waals surface area contributed by atoms with E-state index in [9.17, 15) is 14.7 Å². The van der Waals surface area contributed by atoms with Gasteiger partial charge in [0.25, 0.3) is 0 Å². The van der Waals surface area contributed by atoms with Crippen LogP contribution in [0.2, 0.25) is 0 Å². The first-order valence-electron chi connectivity index (χ1n) is 7.60. The van der Waals surface area contributed by atoms with E-state index in [1.54, 1.807) is 13.8 Å². The van der Waals surface area contributed by atoms with Gasteiger partial charge in [-0.05, 0) is 42.7 Å². The number of nitrogens with one attached hydrogen (secondary N) is 1. The van der Waals surface area contributed by atoms with Crippen LogP contribution in [0.5, 0.6) is 0 Å². The summed E-state index contributed by atoms with van der Waals surface area (Å²) in [6, 6.07) is 7.42. The van der Waals surface area contributed by atoms with Crippen molar-refractivity contribution in [2.24, 2.45) is 5.92 Å². The first kappa shape index (κ1) is 15.5. The second-order valence-corrected chi connectivity index (χ2v) is 6.08. The summed E-state index contributed by atoms with van der Waals surface area (Å²) in [6.07, 6.45) is 3.58. The summed E-state index contributed by atoms with van der Waals surface area (Å²) < 4.78 is 0. The number of hydrogen-bond donors (Lipinski definition) is 2. The number of aliphatic carboxylic acids is 1. The maximum absolute atomic E-state index is 11.8. The highest BCUT2D eigenvalue weighted by Crippen LogP contribution is 2.34. The maximum atomic E-state index is 11.8. The fourth-order valence-corrected chi connectivity index (χ4v) is 2.94. The van der Waals surface area contributed by atoms with Gasteiger partial charge in [-0.25, -0.2) is 4.79 Å². The Bertz CT molecular complexity index is 525. The largest absolute Gasteiger partial charge is 0.480 e. The van der Waals surface area contributed by atoms with E-state index >= 15 is 0 Å². The summed E-state index contributed by atoms with van der Waals surface area (Å²) in [5, 5.41) is 12.0. The summed E-state index contributed by atoms with van der Waals surface area (Å²) >= 11 is 0. The van der Waals surface area contributed by atoms with Crippen molar-refractivity contribution >= 4 is 11.9 Å². The highest BCUT2D eigenvalue weighted by atomic mass is 16.4. The van der Waals surface area contributed by atoms with E-state index in [1.807, 2.05) is 12.1 Å². The van der Waals surface area contributed by atoms with Crippen molar-refractivity contribution in [2.75, 3.05) is 0 Å². The van der Waals surface area contributed by atoms with Crippen LogP contribution < -0.4 is 5.32 Å². The Balaban J connectivity index is 2.11. The number of carbonyl (C=O) groups excluding carboxylic acids is 1. The molecule has 2 rings (SSSR count). The molecule has 0 fully saturated rings. The number of hydrogen-bond acceptors (Lipinski definition) is 2. The van der Waals surface area contributed by atoms with Crippen molar-refractivity contribution in [1.82, 2.24) is 5.32 Å². The number of fused-ring (bicyclic) bond motifs is 1. The highest BCUT2D eigenvalue weighted by molar-refractivity contribution is 5.84. The van der Waals surface area contributed by atoms with Gasteiger partial charge in [-0.1, -0.05) is 38.1 Å².